The third kappa shape index (κ3) is 13.4. The number of nitrogens with zero attached hydrogens (tertiary/aromatic N) is 7. The number of imidazole rings is 1. The van der Waals surface area contributed by atoms with Gasteiger partial charge in [-0.2, -0.15) is 14.7 Å². The van der Waals surface area contributed by atoms with Crippen LogP contribution >= 0.6 is 0 Å². The molecule has 0 spiro atoms. The van der Waals surface area contributed by atoms with E-state index in [-0.39, 0.29) is 60.2 Å². The molecular weight excluding hydrogens is 807 g/mol. The zero-order valence-corrected chi connectivity index (χ0v) is 35.8. The summed E-state index contributed by atoms with van der Waals surface area (Å²) in [5, 5.41) is 9.49. The van der Waals surface area contributed by atoms with Crippen molar-refractivity contribution in [1.29, 1.82) is 0 Å². The van der Waals surface area contributed by atoms with Crippen LogP contribution in [0.4, 0.5) is 16.6 Å². The minimum atomic E-state index is -4.21. The number of amides is 1. The van der Waals surface area contributed by atoms with E-state index in [1.165, 1.54) is 23.0 Å². The van der Waals surface area contributed by atoms with Crippen LogP contribution < -0.4 is 21.1 Å². The average Bonchev–Trinajstić information content (AvgIpc) is 3.67. The van der Waals surface area contributed by atoms with E-state index in [0.717, 1.165) is 19.4 Å². The fraction of sp³-hybridized carbons (Fsp3) is 0.595. The highest BCUT2D eigenvalue weighted by Gasteiger charge is 2.51. The summed E-state index contributed by atoms with van der Waals surface area (Å²) in [6, 6.07) is 3.66. The molecule has 6 atom stereocenters. The number of azide groups is 1. The summed E-state index contributed by atoms with van der Waals surface area (Å²) in [4.78, 5) is 66.4. The Morgan fingerprint density at radius 2 is 1.60 bits per heavy atom. The zero-order chi connectivity index (χ0) is 44.6. The predicted octanol–water partition coefficient (Wildman–Crippen LogP) is 3.95. The van der Waals surface area contributed by atoms with Crippen LogP contribution in [0.25, 0.3) is 21.6 Å². The van der Waals surface area contributed by atoms with Crippen molar-refractivity contribution in [3.63, 3.8) is 0 Å². The highest BCUT2D eigenvalue weighted by molar-refractivity contribution is 7.89. The van der Waals surface area contributed by atoms with Crippen LogP contribution in [0.1, 0.15) is 86.4 Å². The largest absolute Gasteiger partial charge is 0.459 e. The molecule has 0 radical (unpaired) electrons. The molecule has 1 aliphatic rings. The van der Waals surface area contributed by atoms with Crippen molar-refractivity contribution in [1.82, 2.24) is 29.6 Å². The number of carbonyl (C=O) groups excluding carboxylic acids is 4. The molecule has 1 fully saturated rings. The number of hydrogen-bond acceptors (Lipinski definition) is 17. The number of esters is 3. The number of nitrogens with one attached hydrogen (secondary N) is 3. The Balaban J connectivity index is 1.61. The van der Waals surface area contributed by atoms with Crippen LogP contribution in [0.15, 0.2) is 40.6 Å². The standard InChI is InChI=1S/C37H53N11O11S/c1-20-10-13-24(14-11-20)60(53,54)46-25(33(51)58-36(4,5)6)15-12-23(45-47-39)18-26-28(55-21(2)49)29(56-22(3)50)32(57-26)48-19-42-27-30(38)43-34(44-31(27)48)40-16-17-41-35(52)59-37(7,8)9/h10-11,13-14,19,23,25-26,28-29,32,46H,12,15-18H2,1-9H3,(H,41,52)(H3,38,40,43,44)/t23-,25-,26+,28?,29+,32+/m0/s1. The number of rotatable bonds is 17. The van der Waals surface area contributed by atoms with Crippen molar-refractivity contribution >= 4 is 57.0 Å². The second-order valence-corrected chi connectivity index (χ2v) is 17.7. The van der Waals surface area contributed by atoms with E-state index in [9.17, 15) is 33.1 Å². The molecule has 1 amide bonds. The maximum absolute atomic E-state index is 13.4. The first-order valence-electron chi connectivity index (χ1n) is 19.0. The van der Waals surface area contributed by atoms with E-state index in [1.54, 1.807) is 60.6 Å². The Morgan fingerprint density at radius 3 is 2.20 bits per heavy atom. The number of alkyl carbamates (subject to hydrolysis) is 1. The molecule has 0 bridgehead atoms. The normalized spacial score (nSPS) is 19.1. The summed E-state index contributed by atoms with van der Waals surface area (Å²) in [5.41, 5.74) is 15.3. The molecular formula is C37H53N11O11S. The molecule has 0 saturated carbocycles. The number of ether oxygens (including phenoxy) is 5. The first-order chi connectivity index (χ1) is 28.0. The molecule has 1 unspecified atom stereocenters. The Hall–Kier alpha value is -5.77. The number of aryl methyl sites for hydroxylation is 1. The second-order valence-electron chi connectivity index (χ2n) is 16.0. The zero-order valence-electron chi connectivity index (χ0n) is 35.0. The monoisotopic (exact) mass is 859 g/mol. The molecule has 23 heteroatoms. The molecule has 5 N–H and O–H groups in total. The van der Waals surface area contributed by atoms with Crippen LogP contribution in [0, 0.1) is 6.92 Å². The molecule has 1 saturated heterocycles. The van der Waals surface area contributed by atoms with Gasteiger partial charge in [0.1, 0.15) is 28.9 Å². The summed E-state index contributed by atoms with van der Waals surface area (Å²) in [6.45, 7) is 14.5. The van der Waals surface area contributed by atoms with E-state index < -0.39 is 81.9 Å². The van der Waals surface area contributed by atoms with Crippen molar-refractivity contribution in [2.75, 3.05) is 24.1 Å². The molecule has 328 valence electrons. The van der Waals surface area contributed by atoms with E-state index >= 15 is 0 Å². The van der Waals surface area contributed by atoms with Crippen LogP contribution in [0.5, 0.6) is 0 Å². The number of carbonyl (C=O) groups is 4. The Morgan fingerprint density at radius 1 is 0.967 bits per heavy atom. The Kier molecular flexibility index (Phi) is 15.3. The fourth-order valence-electron chi connectivity index (χ4n) is 6.12. The van der Waals surface area contributed by atoms with Gasteiger partial charge in [0.2, 0.25) is 16.0 Å². The summed E-state index contributed by atoms with van der Waals surface area (Å²) < 4.78 is 59.2. The molecule has 2 aromatic heterocycles. The maximum Gasteiger partial charge on any atom is 0.407 e. The lowest BCUT2D eigenvalue weighted by molar-refractivity contribution is -0.165. The number of anilines is 2. The third-order valence-electron chi connectivity index (χ3n) is 8.52. The lowest BCUT2D eigenvalue weighted by Crippen LogP contribution is -2.44. The van der Waals surface area contributed by atoms with Crippen molar-refractivity contribution < 1.29 is 51.3 Å². The topological polar surface area (TPSA) is 303 Å². The molecule has 3 aromatic rings. The predicted molar refractivity (Wildman–Crippen MR) is 215 cm³/mol. The van der Waals surface area contributed by atoms with Gasteiger partial charge in [-0.05, 0) is 85.4 Å². The molecule has 60 heavy (non-hydrogen) atoms. The Bertz CT molecular complexity index is 2180. The van der Waals surface area contributed by atoms with Gasteiger partial charge in [0.15, 0.2) is 29.9 Å². The van der Waals surface area contributed by atoms with Crippen LogP contribution in [-0.2, 0) is 48.1 Å². The minimum Gasteiger partial charge on any atom is -0.459 e. The first kappa shape index (κ1) is 46.9. The fourth-order valence-corrected chi connectivity index (χ4v) is 7.34. The number of fused-ring (bicyclic) bond motifs is 1. The molecule has 1 aromatic carbocycles. The molecule has 0 aliphatic carbocycles. The Labute approximate surface area is 347 Å². The maximum atomic E-state index is 13.4. The number of aromatic nitrogens is 4. The molecule has 3 heterocycles. The van der Waals surface area contributed by atoms with Gasteiger partial charge in [-0.3, -0.25) is 19.0 Å². The molecule has 4 rings (SSSR count). The van der Waals surface area contributed by atoms with E-state index in [4.69, 9.17) is 29.4 Å². The average molecular weight is 860 g/mol. The van der Waals surface area contributed by atoms with Gasteiger partial charge in [0, 0.05) is 37.9 Å². The van der Waals surface area contributed by atoms with Crippen molar-refractivity contribution in [2.45, 2.75) is 134 Å². The smallest absolute Gasteiger partial charge is 0.407 e. The van der Waals surface area contributed by atoms with Crippen molar-refractivity contribution in [3.05, 3.63) is 46.6 Å². The number of nitrogens with two attached hydrogens (primary N) is 1. The van der Waals surface area contributed by atoms with Gasteiger partial charge in [-0.25, -0.2) is 18.2 Å². The van der Waals surface area contributed by atoms with Crippen molar-refractivity contribution in [3.8, 4) is 0 Å². The molecule has 1 aliphatic heterocycles. The first-order valence-corrected chi connectivity index (χ1v) is 20.5. The third-order valence-corrected chi connectivity index (χ3v) is 10.0. The highest BCUT2D eigenvalue weighted by Crippen LogP contribution is 2.39. The van der Waals surface area contributed by atoms with Gasteiger partial charge in [-0.1, -0.05) is 22.8 Å². The van der Waals surface area contributed by atoms with Crippen LogP contribution in [0.2, 0.25) is 0 Å². The van der Waals surface area contributed by atoms with Crippen LogP contribution in [-0.4, -0.2) is 107 Å². The van der Waals surface area contributed by atoms with E-state index in [2.05, 4.69) is 40.3 Å². The van der Waals surface area contributed by atoms with E-state index in [1.807, 2.05) is 0 Å². The summed E-state index contributed by atoms with van der Waals surface area (Å²) in [5.74, 6) is -2.29. The summed E-state index contributed by atoms with van der Waals surface area (Å²) >= 11 is 0. The quantitative estimate of drug-likeness (QED) is 0.0373. The number of sulfonamides is 1. The van der Waals surface area contributed by atoms with Gasteiger partial charge in [-0.15, -0.1) is 0 Å². The summed E-state index contributed by atoms with van der Waals surface area (Å²) in [6.07, 6.45) is -4.57. The summed E-state index contributed by atoms with van der Waals surface area (Å²) in [7, 11) is -4.21. The SMILES string of the molecule is CC(=O)OC1[C@@H](OC(C)=O)[C@H](n2cnc3c(N)nc(NCCNC(=O)OC(C)(C)C)nc32)O[C@@H]1C[C@H](CC[C@H](NS(=O)(=O)c1ccc(C)cc1)C(=O)OC(C)(C)C)N=[N+]=[N-]. The lowest BCUT2D eigenvalue weighted by Gasteiger charge is -2.26. The number of benzene rings is 1. The minimum absolute atomic E-state index is 0.0163. The van der Waals surface area contributed by atoms with Gasteiger partial charge in [0.25, 0.3) is 0 Å². The second kappa shape index (κ2) is 19.5. The van der Waals surface area contributed by atoms with Crippen molar-refractivity contribution in [2.24, 2.45) is 5.11 Å². The molecule has 22 nitrogen and oxygen atoms in total. The van der Waals surface area contributed by atoms with Gasteiger partial charge < -0.3 is 40.1 Å². The number of hydrogen-bond donors (Lipinski definition) is 4. The lowest BCUT2D eigenvalue weighted by atomic mass is 9.98. The van der Waals surface area contributed by atoms with E-state index in [0.29, 0.717) is 0 Å². The highest BCUT2D eigenvalue weighted by atomic mass is 32.2. The van der Waals surface area contributed by atoms with Crippen LogP contribution in [0.3, 0.4) is 0 Å². The number of nitrogen functional groups attached to an aromatic ring is 1. The van der Waals surface area contributed by atoms with Gasteiger partial charge in [0.05, 0.1) is 11.2 Å². The van der Waals surface area contributed by atoms with Gasteiger partial charge >= 0.3 is 24.0 Å².